The average Bonchev–Trinajstić information content (AvgIpc) is 3.32. The lowest BCUT2D eigenvalue weighted by atomic mass is 10.1. The molecule has 0 radical (unpaired) electrons. The van der Waals surface area contributed by atoms with Gasteiger partial charge >= 0.3 is 0 Å². The summed E-state index contributed by atoms with van der Waals surface area (Å²) in [5, 5.41) is 2.12. The van der Waals surface area contributed by atoms with Crippen LogP contribution >= 0.6 is 0 Å². The molecule has 0 spiro atoms. The predicted octanol–water partition coefficient (Wildman–Crippen LogP) is 3.86. The fourth-order valence-corrected chi connectivity index (χ4v) is 3.08. The van der Waals surface area contributed by atoms with Crippen molar-refractivity contribution >= 4 is 22.6 Å². The number of benzene rings is 3. The summed E-state index contributed by atoms with van der Waals surface area (Å²) in [6.45, 7) is 1.63. The van der Waals surface area contributed by atoms with Crippen molar-refractivity contribution in [2.75, 3.05) is 0 Å². The number of carbonyl (C=O) groups excluding carboxylic acids is 2. The van der Waals surface area contributed by atoms with Crippen molar-refractivity contribution in [2.45, 2.75) is 13.0 Å². The fraction of sp³-hybridized carbons (Fsp3) is 0.0833. The molecule has 0 aliphatic rings. The summed E-state index contributed by atoms with van der Waals surface area (Å²) in [6.07, 6.45) is 3.07. The molecule has 1 atom stereocenters. The molecule has 0 bridgehead atoms. The molecule has 30 heavy (non-hydrogen) atoms. The van der Waals surface area contributed by atoms with E-state index in [9.17, 15) is 9.59 Å². The molecule has 1 heterocycles. The standard InChI is InChI=1S/C24H21N3O3/c1-17(30-22-13-10-18-6-2-3-7-20(18)16-22)23(28)25-26-24(29)19-8-11-21(12-9-19)27-14-4-5-15-27/h2-17H,1H3,(H,25,28)(H,26,29). The molecule has 2 N–H and O–H groups in total. The lowest BCUT2D eigenvalue weighted by molar-refractivity contribution is -0.128. The van der Waals surface area contributed by atoms with Crippen LogP contribution in [0.5, 0.6) is 5.75 Å². The van der Waals surface area contributed by atoms with E-state index in [1.165, 1.54) is 0 Å². The molecule has 6 nitrogen and oxygen atoms in total. The number of ether oxygens (including phenoxy) is 1. The second-order valence-electron chi connectivity index (χ2n) is 6.85. The Kier molecular flexibility index (Phi) is 5.48. The van der Waals surface area contributed by atoms with E-state index >= 15 is 0 Å². The SMILES string of the molecule is CC(Oc1ccc2ccccc2c1)C(=O)NNC(=O)c1ccc(-n2cccc2)cc1. The smallest absolute Gasteiger partial charge is 0.279 e. The van der Waals surface area contributed by atoms with E-state index in [1.807, 2.05) is 83.7 Å². The summed E-state index contributed by atoms with van der Waals surface area (Å²) in [7, 11) is 0. The van der Waals surface area contributed by atoms with E-state index in [0.717, 1.165) is 16.5 Å². The summed E-state index contributed by atoms with van der Waals surface area (Å²) < 4.78 is 7.65. The van der Waals surface area contributed by atoms with Crippen molar-refractivity contribution in [1.29, 1.82) is 0 Å². The number of amides is 2. The van der Waals surface area contributed by atoms with Gasteiger partial charge in [0.2, 0.25) is 0 Å². The Hall–Kier alpha value is -4.06. The second kappa shape index (κ2) is 8.53. The van der Waals surface area contributed by atoms with Crippen LogP contribution in [-0.2, 0) is 4.79 Å². The van der Waals surface area contributed by atoms with E-state index in [-0.39, 0.29) is 0 Å². The molecule has 0 aliphatic heterocycles. The van der Waals surface area contributed by atoms with E-state index in [1.54, 1.807) is 19.1 Å². The molecule has 4 aromatic rings. The number of rotatable bonds is 5. The first-order chi connectivity index (χ1) is 14.6. The molecule has 2 amide bonds. The van der Waals surface area contributed by atoms with Gasteiger partial charge in [0.1, 0.15) is 5.75 Å². The summed E-state index contributed by atoms with van der Waals surface area (Å²) >= 11 is 0. The van der Waals surface area contributed by atoms with Crippen molar-refractivity contribution in [2.24, 2.45) is 0 Å². The molecule has 0 saturated carbocycles. The quantitative estimate of drug-likeness (QED) is 0.501. The summed E-state index contributed by atoms with van der Waals surface area (Å²) in [6, 6.07) is 24.5. The van der Waals surface area contributed by atoms with Gasteiger partial charge in [0.25, 0.3) is 11.8 Å². The zero-order valence-electron chi connectivity index (χ0n) is 16.4. The van der Waals surface area contributed by atoms with Crippen LogP contribution in [0.25, 0.3) is 16.5 Å². The van der Waals surface area contributed by atoms with E-state index in [0.29, 0.717) is 11.3 Å². The lowest BCUT2D eigenvalue weighted by Gasteiger charge is -2.15. The Morgan fingerprint density at radius 2 is 1.53 bits per heavy atom. The van der Waals surface area contributed by atoms with Crippen LogP contribution in [0.1, 0.15) is 17.3 Å². The Morgan fingerprint density at radius 3 is 2.27 bits per heavy atom. The number of nitrogens with one attached hydrogen (secondary N) is 2. The molecule has 4 rings (SSSR count). The fourth-order valence-electron chi connectivity index (χ4n) is 3.08. The first-order valence-electron chi connectivity index (χ1n) is 9.59. The zero-order chi connectivity index (χ0) is 20.9. The van der Waals surface area contributed by atoms with Gasteiger partial charge in [0.05, 0.1) is 0 Å². The summed E-state index contributed by atoms with van der Waals surface area (Å²) in [4.78, 5) is 24.6. The highest BCUT2D eigenvalue weighted by molar-refractivity contribution is 5.96. The van der Waals surface area contributed by atoms with Gasteiger partial charge in [0, 0.05) is 23.6 Å². The number of hydrazine groups is 1. The first kappa shape index (κ1) is 19.3. The van der Waals surface area contributed by atoms with Gasteiger partial charge in [0.15, 0.2) is 6.10 Å². The van der Waals surface area contributed by atoms with Crippen LogP contribution in [0.4, 0.5) is 0 Å². The molecule has 1 aromatic heterocycles. The number of carbonyl (C=O) groups is 2. The van der Waals surface area contributed by atoms with Gasteiger partial charge < -0.3 is 9.30 Å². The Labute approximate surface area is 174 Å². The number of nitrogens with zero attached hydrogens (tertiary/aromatic N) is 1. The number of fused-ring (bicyclic) bond motifs is 1. The van der Waals surface area contributed by atoms with Crippen LogP contribution in [0.2, 0.25) is 0 Å². The average molecular weight is 399 g/mol. The minimum atomic E-state index is -0.775. The van der Waals surface area contributed by atoms with Crippen LogP contribution < -0.4 is 15.6 Å². The van der Waals surface area contributed by atoms with Crippen molar-refractivity contribution in [3.63, 3.8) is 0 Å². The molecule has 1 unspecified atom stereocenters. The monoisotopic (exact) mass is 399 g/mol. The van der Waals surface area contributed by atoms with Gasteiger partial charge in [-0.3, -0.25) is 20.4 Å². The summed E-state index contributed by atoms with van der Waals surface area (Å²) in [5.41, 5.74) is 6.22. The minimum Gasteiger partial charge on any atom is -0.481 e. The van der Waals surface area contributed by atoms with E-state index < -0.39 is 17.9 Å². The second-order valence-corrected chi connectivity index (χ2v) is 6.85. The van der Waals surface area contributed by atoms with Gasteiger partial charge in [-0.05, 0) is 66.2 Å². The zero-order valence-corrected chi connectivity index (χ0v) is 16.4. The largest absolute Gasteiger partial charge is 0.481 e. The van der Waals surface area contributed by atoms with Gasteiger partial charge in [-0.1, -0.05) is 30.3 Å². The highest BCUT2D eigenvalue weighted by Gasteiger charge is 2.16. The van der Waals surface area contributed by atoms with Crippen molar-refractivity contribution < 1.29 is 14.3 Å². The third-order valence-corrected chi connectivity index (χ3v) is 4.73. The van der Waals surface area contributed by atoms with Crippen LogP contribution in [0, 0.1) is 0 Å². The van der Waals surface area contributed by atoms with Crippen molar-refractivity contribution in [3.8, 4) is 11.4 Å². The molecule has 0 fully saturated rings. The van der Waals surface area contributed by atoms with Crippen LogP contribution in [0.3, 0.4) is 0 Å². The highest BCUT2D eigenvalue weighted by Crippen LogP contribution is 2.21. The normalized spacial score (nSPS) is 11.6. The maximum absolute atomic E-state index is 12.3. The lowest BCUT2D eigenvalue weighted by Crippen LogP contribution is -2.47. The Balaban J connectivity index is 1.32. The summed E-state index contributed by atoms with van der Waals surface area (Å²) in [5.74, 6) is -0.260. The first-order valence-corrected chi connectivity index (χ1v) is 9.59. The molecule has 3 aromatic carbocycles. The molecule has 0 aliphatic carbocycles. The minimum absolute atomic E-state index is 0.402. The molecular formula is C24H21N3O3. The maximum Gasteiger partial charge on any atom is 0.279 e. The molecule has 150 valence electrons. The van der Waals surface area contributed by atoms with E-state index in [2.05, 4.69) is 10.9 Å². The van der Waals surface area contributed by atoms with Crippen LogP contribution in [-0.4, -0.2) is 22.5 Å². The van der Waals surface area contributed by atoms with Crippen molar-refractivity contribution in [3.05, 3.63) is 96.8 Å². The maximum atomic E-state index is 12.3. The van der Waals surface area contributed by atoms with E-state index in [4.69, 9.17) is 4.74 Å². The Morgan fingerprint density at radius 1 is 0.833 bits per heavy atom. The highest BCUT2D eigenvalue weighted by atomic mass is 16.5. The number of aromatic nitrogens is 1. The van der Waals surface area contributed by atoms with Crippen LogP contribution in [0.15, 0.2) is 91.3 Å². The molecular weight excluding hydrogens is 378 g/mol. The molecule has 6 heteroatoms. The van der Waals surface area contributed by atoms with Gasteiger partial charge in [-0.2, -0.15) is 0 Å². The van der Waals surface area contributed by atoms with Crippen molar-refractivity contribution in [1.82, 2.24) is 15.4 Å². The number of hydrogen-bond donors (Lipinski definition) is 2. The third kappa shape index (κ3) is 4.33. The van der Waals surface area contributed by atoms with Gasteiger partial charge in [-0.25, -0.2) is 0 Å². The Bertz CT molecular complexity index is 1170. The predicted molar refractivity (Wildman–Crippen MR) is 115 cm³/mol. The third-order valence-electron chi connectivity index (χ3n) is 4.73. The topological polar surface area (TPSA) is 72.4 Å². The number of hydrogen-bond acceptors (Lipinski definition) is 3. The van der Waals surface area contributed by atoms with Gasteiger partial charge in [-0.15, -0.1) is 0 Å². The molecule has 0 saturated heterocycles.